The Labute approximate surface area is 220 Å². The molecular weight excluding hydrogens is 529 g/mol. The van der Waals surface area contributed by atoms with Crippen LogP contribution in [0.25, 0.3) is 0 Å². The summed E-state index contributed by atoms with van der Waals surface area (Å²) in [6.45, 7) is 0.255. The topological polar surface area (TPSA) is 124 Å². The van der Waals surface area contributed by atoms with Gasteiger partial charge in [-0.05, 0) is 42.9 Å². The van der Waals surface area contributed by atoms with Crippen molar-refractivity contribution in [1.29, 1.82) is 0 Å². The molecule has 0 radical (unpaired) electrons. The summed E-state index contributed by atoms with van der Waals surface area (Å²) >= 11 is 6.06. The van der Waals surface area contributed by atoms with Crippen molar-refractivity contribution in [3.8, 4) is 0 Å². The van der Waals surface area contributed by atoms with Gasteiger partial charge < -0.3 is 15.5 Å². The minimum Gasteiger partial charge on any atom is -0.473 e. The molecule has 0 spiro atoms. The van der Waals surface area contributed by atoms with Gasteiger partial charge in [0, 0.05) is 22.7 Å². The number of amides is 1. The highest BCUT2D eigenvalue weighted by Gasteiger charge is 2.30. The number of alkyl halides is 3. The van der Waals surface area contributed by atoms with Gasteiger partial charge in [-0.2, -0.15) is 13.2 Å². The fourth-order valence-electron chi connectivity index (χ4n) is 3.16. The van der Waals surface area contributed by atoms with E-state index in [1.54, 1.807) is 54.4 Å². The van der Waals surface area contributed by atoms with Crippen LogP contribution >= 0.6 is 11.6 Å². The van der Waals surface area contributed by atoms with Crippen LogP contribution in [0.2, 0.25) is 5.02 Å². The maximum Gasteiger partial charge on any atom is 0.416 e. The first kappa shape index (κ1) is 30.0. The van der Waals surface area contributed by atoms with Crippen molar-refractivity contribution in [2.75, 3.05) is 18.9 Å². The minimum absolute atomic E-state index is 0.0252. The molecule has 3 N–H and O–H groups in total. The second-order valence-electron chi connectivity index (χ2n) is 7.91. The number of carboxylic acid groups (broad SMARTS) is 2. The third kappa shape index (κ3) is 9.34. The Morgan fingerprint density at radius 3 is 2.00 bits per heavy atom. The van der Waals surface area contributed by atoms with Crippen LogP contribution in [0.3, 0.4) is 0 Å². The molecule has 200 valence electrons. The summed E-state index contributed by atoms with van der Waals surface area (Å²) in [7, 11) is 1.68. The Balaban J connectivity index is 0.000000757. The average molecular weight is 551 g/mol. The molecule has 3 aromatic rings. The first-order valence-electron chi connectivity index (χ1n) is 10.8. The molecular formula is C26H22ClF3N2O6. The summed E-state index contributed by atoms with van der Waals surface area (Å²) in [4.78, 5) is 45.3. The van der Waals surface area contributed by atoms with E-state index >= 15 is 0 Å². The zero-order valence-corrected chi connectivity index (χ0v) is 20.6. The lowest BCUT2D eigenvalue weighted by Gasteiger charge is -2.18. The minimum atomic E-state index is -4.39. The molecule has 38 heavy (non-hydrogen) atoms. The lowest BCUT2D eigenvalue weighted by Crippen LogP contribution is -2.30. The van der Waals surface area contributed by atoms with Crippen LogP contribution in [-0.4, -0.2) is 52.3 Å². The number of carbonyl (C=O) groups is 4. The molecule has 0 aromatic heterocycles. The largest absolute Gasteiger partial charge is 0.473 e. The molecule has 12 heteroatoms. The van der Waals surface area contributed by atoms with Crippen molar-refractivity contribution < 1.29 is 42.6 Å². The summed E-state index contributed by atoms with van der Waals surface area (Å²) in [5.74, 6) is -4.30. The number of nitrogens with zero attached hydrogens (tertiary/aromatic N) is 1. The van der Waals surface area contributed by atoms with E-state index in [-0.39, 0.29) is 30.3 Å². The number of hydrogen-bond donors (Lipinski definition) is 3. The quantitative estimate of drug-likeness (QED) is 0.285. The van der Waals surface area contributed by atoms with Crippen molar-refractivity contribution in [1.82, 2.24) is 4.90 Å². The van der Waals surface area contributed by atoms with Gasteiger partial charge in [-0.1, -0.05) is 54.1 Å². The van der Waals surface area contributed by atoms with Gasteiger partial charge in [-0.3, -0.25) is 14.5 Å². The van der Waals surface area contributed by atoms with Gasteiger partial charge in [0.2, 0.25) is 5.91 Å². The number of likely N-dealkylation sites (N-methyl/N-ethyl adjacent to an activating group) is 1. The summed E-state index contributed by atoms with van der Waals surface area (Å²) < 4.78 is 38.1. The number of carbonyl (C=O) groups excluding carboxylic acids is 2. The molecule has 8 nitrogen and oxygen atoms in total. The number of hydrogen-bond acceptors (Lipinski definition) is 5. The summed E-state index contributed by atoms with van der Waals surface area (Å²) in [6.07, 6.45) is -4.39. The van der Waals surface area contributed by atoms with Crippen molar-refractivity contribution in [3.05, 3.63) is 100 Å². The van der Waals surface area contributed by atoms with Crippen LogP contribution in [0.5, 0.6) is 0 Å². The van der Waals surface area contributed by atoms with Gasteiger partial charge in [0.15, 0.2) is 5.78 Å². The van der Waals surface area contributed by atoms with Crippen LogP contribution < -0.4 is 5.32 Å². The molecule has 0 aliphatic rings. The highest BCUT2D eigenvalue weighted by Crippen LogP contribution is 2.29. The Hall–Kier alpha value is -4.22. The maximum atomic E-state index is 12.9. The second-order valence-corrected chi connectivity index (χ2v) is 8.35. The van der Waals surface area contributed by atoms with Gasteiger partial charge in [0.05, 0.1) is 17.8 Å². The molecule has 0 atom stereocenters. The molecule has 0 heterocycles. The number of nitrogens with one attached hydrogen (secondary N) is 1. The van der Waals surface area contributed by atoms with Crippen LogP contribution in [0.4, 0.5) is 18.9 Å². The van der Waals surface area contributed by atoms with Gasteiger partial charge in [-0.25, -0.2) is 9.59 Å². The molecule has 0 fully saturated rings. The van der Waals surface area contributed by atoms with E-state index in [0.717, 1.165) is 12.1 Å². The number of carboxylic acids is 2. The zero-order chi connectivity index (χ0) is 28.5. The smallest absolute Gasteiger partial charge is 0.416 e. The normalized spacial score (nSPS) is 10.8. The van der Waals surface area contributed by atoms with Crippen LogP contribution in [0, 0.1) is 0 Å². The number of benzene rings is 3. The SMILES string of the molecule is CN(CC(=O)Nc1ccc(Cl)cc1C(=O)c1ccccc1)Cc1ccc(C(F)(F)F)cc1.O=C(O)C(=O)O. The van der Waals surface area contributed by atoms with Gasteiger partial charge >= 0.3 is 18.1 Å². The Morgan fingerprint density at radius 1 is 0.895 bits per heavy atom. The van der Waals surface area contributed by atoms with E-state index in [2.05, 4.69) is 5.32 Å². The number of rotatable bonds is 7. The van der Waals surface area contributed by atoms with Gasteiger partial charge in [0.1, 0.15) is 0 Å². The summed E-state index contributed by atoms with van der Waals surface area (Å²) in [6, 6.07) is 18.0. The molecule has 0 aliphatic carbocycles. The van der Waals surface area contributed by atoms with Crippen LogP contribution in [0.15, 0.2) is 72.8 Å². The average Bonchev–Trinajstić information content (AvgIpc) is 2.85. The fraction of sp³-hybridized carbons (Fsp3) is 0.154. The highest BCUT2D eigenvalue weighted by molar-refractivity contribution is 6.31. The molecule has 3 rings (SSSR count). The van der Waals surface area contributed by atoms with E-state index in [9.17, 15) is 22.8 Å². The van der Waals surface area contributed by atoms with Crippen molar-refractivity contribution in [2.24, 2.45) is 0 Å². The summed E-state index contributed by atoms with van der Waals surface area (Å²) in [5, 5.41) is 17.9. The molecule has 0 saturated heterocycles. The van der Waals surface area contributed by atoms with Crippen molar-refractivity contribution in [3.63, 3.8) is 0 Å². The molecule has 1 amide bonds. The molecule has 0 bridgehead atoms. The standard InChI is InChI=1S/C24H20ClF3N2O2.C2H2O4/c1-30(14-16-7-9-18(10-8-16)24(26,27)28)15-22(31)29-21-12-11-19(25)13-20(21)23(32)17-5-3-2-4-6-17;3-1(4)2(5)6/h2-13H,14-15H2,1H3,(H,29,31);(H,3,4)(H,5,6). The maximum absolute atomic E-state index is 12.9. The Bertz CT molecular complexity index is 1290. The Kier molecular flexibility index (Phi) is 10.5. The second kappa shape index (κ2) is 13.4. The van der Waals surface area contributed by atoms with Gasteiger partial charge in [0.25, 0.3) is 0 Å². The third-order valence-corrected chi connectivity index (χ3v) is 5.10. The first-order chi connectivity index (χ1) is 17.8. The van der Waals surface area contributed by atoms with E-state index in [1.165, 1.54) is 18.2 Å². The summed E-state index contributed by atoms with van der Waals surface area (Å²) in [5.41, 5.74) is 0.975. The predicted octanol–water partition coefficient (Wildman–Crippen LogP) is 4.82. The monoisotopic (exact) mass is 550 g/mol. The highest BCUT2D eigenvalue weighted by atomic mass is 35.5. The first-order valence-corrected chi connectivity index (χ1v) is 11.2. The predicted molar refractivity (Wildman–Crippen MR) is 133 cm³/mol. The molecule has 0 aliphatic heterocycles. The molecule has 0 unspecified atom stereocenters. The zero-order valence-electron chi connectivity index (χ0n) is 19.8. The lowest BCUT2D eigenvalue weighted by molar-refractivity contribution is -0.159. The third-order valence-electron chi connectivity index (χ3n) is 4.87. The van der Waals surface area contributed by atoms with E-state index in [0.29, 0.717) is 21.8 Å². The van der Waals surface area contributed by atoms with Crippen molar-refractivity contribution >= 4 is 40.9 Å². The van der Waals surface area contributed by atoms with Crippen LogP contribution in [-0.2, 0) is 27.1 Å². The number of aliphatic carboxylic acids is 2. The van der Waals surface area contributed by atoms with E-state index in [4.69, 9.17) is 31.4 Å². The Morgan fingerprint density at radius 2 is 1.47 bits per heavy atom. The van der Waals surface area contributed by atoms with Crippen LogP contribution in [0.1, 0.15) is 27.0 Å². The number of anilines is 1. The van der Waals surface area contributed by atoms with Gasteiger partial charge in [-0.15, -0.1) is 0 Å². The van der Waals surface area contributed by atoms with E-state index in [1.807, 2.05) is 0 Å². The lowest BCUT2D eigenvalue weighted by atomic mass is 10.0. The van der Waals surface area contributed by atoms with Crippen molar-refractivity contribution in [2.45, 2.75) is 12.7 Å². The number of halogens is 4. The fourth-order valence-corrected chi connectivity index (χ4v) is 3.33. The molecule has 0 saturated carbocycles. The molecule has 3 aromatic carbocycles. The number of ketones is 1. The van der Waals surface area contributed by atoms with E-state index < -0.39 is 23.7 Å².